The first-order valence-electron chi connectivity index (χ1n) is 5.56. The number of carbonyl (C=O) groups excluding carboxylic acids is 2. The number of nitrogens with one attached hydrogen (secondary N) is 3. The number of hydrogen-bond donors (Lipinski definition) is 3. The lowest BCUT2D eigenvalue weighted by Crippen LogP contribution is -2.60. The molecule has 0 aliphatic carbocycles. The topological polar surface area (TPSA) is 70.2 Å². The van der Waals surface area contributed by atoms with E-state index in [2.05, 4.69) is 16.0 Å². The number of rotatable bonds is 3. The van der Waals surface area contributed by atoms with Gasteiger partial charge in [-0.2, -0.15) is 0 Å². The highest BCUT2D eigenvalue weighted by Crippen LogP contribution is 2.12. The minimum Gasteiger partial charge on any atom is -0.336 e. The second-order valence-electron chi connectivity index (χ2n) is 4.05. The van der Waals surface area contributed by atoms with Gasteiger partial charge in [0.25, 0.3) is 0 Å². The van der Waals surface area contributed by atoms with Gasteiger partial charge in [-0.05, 0) is 12.5 Å². The third kappa shape index (κ3) is 2.82. The van der Waals surface area contributed by atoms with Crippen molar-refractivity contribution in [2.24, 2.45) is 0 Å². The van der Waals surface area contributed by atoms with Crippen molar-refractivity contribution in [1.29, 1.82) is 0 Å². The molecule has 1 aromatic rings. The van der Waals surface area contributed by atoms with Gasteiger partial charge in [0, 0.05) is 12.6 Å². The van der Waals surface area contributed by atoms with Gasteiger partial charge in [-0.15, -0.1) is 0 Å². The summed E-state index contributed by atoms with van der Waals surface area (Å²) in [6.45, 7) is 2.31. The third-order valence-corrected chi connectivity index (χ3v) is 2.77. The van der Waals surface area contributed by atoms with Crippen molar-refractivity contribution in [3.05, 3.63) is 35.9 Å². The van der Waals surface area contributed by atoms with Crippen LogP contribution in [0.1, 0.15) is 18.5 Å². The summed E-state index contributed by atoms with van der Waals surface area (Å²) in [4.78, 5) is 22.4. The van der Waals surface area contributed by atoms with E-state index in [1.165, 1.54) is 0 Å². The SMILES string of the molecule is CC(NC1CNC(=O)NC1=O)c1ccccc1. The molecule has 0 saturated carbocycles. The summed E-state index contributed by atoms with van der Waals surface area (Å²) < 4.78 is 0. The molecule has 3 amide bonds. The van der Waals surface area contributed by atoms with Crippen LogP contribution in [0.2, 0.25) is 0 Å². The predicted octanol–water partition coefficient (Wildman–Crippen LogP) is 0.545. The zero-order valence-electron chi connectivity index (χ0n) is 9.57. The van der Waals surface area contributed by atoms with Gasteiger partial charge in [0.1, 0.15) is 6.04 Å². The third-order valence-electron chi connectivity index (χ3n) is 2.77. The minimum absolute atomic E-state index is 0.0574. The van der Waals surface area contributed by atoms with E-state index in [4.69, 9.17) is 0 Å². The number of benzene rings is 1. The number of carbonyl (C=O) groups is 2. The molecule has 3 N–H and O–H groups in total. The fraction of sp³-hybridized carbons (Fsp3) is 0.333. The average molecular weight is 233 g/mol. The van der Waals surface area contributed by atoms with E-state index in [9.17, 15) is 9.59 Å². The summed E-state index contributed by atoms with van der Waals surface area (Å²) in [6.07, 6.45) is 0. The Morgan fingerprint density at radius 2 is 2.00 bits per heavy atom. The zero-order valence-corrected chi connectivity index (χ0v) is 9.57. The van der Waals surface area contributed by atoms with Crippen LogP contribution >= 0.6 is 0 Å². The van der Waals surface area contributed by atoms with Crippen molar-refractivity contribution < 1.29 is 9.59 Å². The number of hydrogen-bond acceptors (Lipinski definition) is 3. The number of amides is 3. The smallest absolute Gasteiger partial charge is 0.321 e. The summed E-state index contributed by atoms with van der Waals surface area (Å²) in [7, 11) is 0. The number of urea groups is 1. The Hall–Kier alpha value is -1.88. The van der Waals surface area contributed by atoms with E-state index in [1.807, 2.05) is 37.3 Å². The highest BCUT2D eigenvalue weighted by Gasteiger charge is 2.27. The van der Waals surface area contributed by atoms with Crippen LogP contribution < -0.4 is 16.0 Å². The van der Waals surface area contributed by atoms with E-state index in [-0.39, 0.29) is 18.0 Å². The van der Waals surface area contributed by atoms with E-state index >= 15 is 0 Å². The fourth-order valence-electron chi connectivity index (χ4n) is 1.80. The Morgan fingerprint density at radius 1 is 1.29 bits per heavy atom. The van der Waals surface area contributed by atoms with Gasteiger partial charge in [-0.1, -0.05) is 30.3 Å². The zero-order chi connectivity index (χ0) is 12.3. The summed E-state index contributed by atoms with van der Waals surface area (Å²) >= 11 is 0. The van der Waals surface area contributed by atoms with Gasteiger partial charge in [-0.3, -0.25) is 15.4 Å². The Bertz CT molecular complexity index is 419. The molecule has 1 aromatic carbocycles. The van der Waals surface area contributed by atoms with Crippen molar-refractivity contribution in [3.8, 4) is 0 Å². The molecule has 2 unspecified atom stereocenters. The van der Waals surface area contributed by atoms with Crippen LogP contribution in [0.4, 0.5) is 4.79 Å². The molecular formula is C12H15N3O2. The quantitative estimate of drug-likeness (QED) is 0.714. The molecule has 1 aliphatic heterocycles. The summed E-state index contributed by atoms with van der Waals surface area (Å²) in [6, 6.07) is 9.09. The maximum Gasteiger partial charge on any atom is 0.321 e. The van der Waals surface area contributed by atoms with Gasteiger partial charge in [-0.25, -0.2) is 4.79 Å². The fourth-order valence-corrected chi connectivity index (χ4v) is 1.80. The Labute approximate surface area is 99.6 Å². The molecule has 1 aliphatic rings. The Morgan fingerprint density at radius 3 is 2.65 bits per heavy atom. The molecule has 1 saturated heterocycles. The number of imide groups is 1. The second-order valence-corrected chi connectivity index (χ2v) is 4.05. The molecule has 0 spiro atoms. The first-order valence-corrected chi connectivity index (χ1v) is 5.56. The van der Waals surface area contributed by atoms with Crippen LogP contribution in [-0.2, 0) is 4.79 Å². The van der Waals surface area contributed by atoms with Crippen molar-refractivity contribution in [1.82, 2.24) is 16.0 Å². The average Bonchev–Trinajstić information content (AvgIpc) is 2.34. The molecule has 2 atom stereocenters. The monoisotopic (exact) mass is 233 g/mol. The first kappa shape index (κ1) is 11.6. The van der Waals surface area contributed by atoms with Crippen LogP contribution in [0.25, 0.3) is 0 Å². The van der Waals surface area contributed by atoms with Crippen LogP contribution in [0.5, 0.6) is 0 Å². The van der Waals surface area contributed by atoms with Crippen LogP contribution in [0, 0.1) is 0 Å². The predicted molar refractivity (Wildman–Crippen MR) is 63.3 cm³/mol. The molecule has 5 heteroatoms. The van der Waals surface area contributed by atoms with Crippen molar-refractivity contribution in [2.75, 3.05) is 6.54 Å². The molecule has 0 radical (unpaired) electrons. The van der Waals surface area contributed by atoms with E-state index in [0.29, 0.717) is 6.54 Å². The maximum absolute atomic E-state index is 11.5. The highest BCUT2D eigenvalue weighted by atomic mass is 16.2. The lowest BCUT2D eigenvalue weighted by molar-refractivity contribution is -0.122. The van der Waals surface area contributed by atoms with Gasteiger partial charge < -0.3 is 5.32 Å². The Kier molecular flexibility index (Phi) is 3.39. The lowest BCUT2D eigenvalue weighted by atomic mass is 10.1. The van der Waals surface area contributed by atoms with Crippen LogP contribution in [-0.4, -0.2) is 24.5 Å². The van der Waals surface area contributed by atoms with Gasteiger partial charge in [0.2, 0.25) is 5.91 Å². The lowest BCUT2D eigenvalue weighted by Gasteiger charge is -2.26. The molecule has 90 valence electrons. The van der Waals surface area contributed by atoms with Gasteiger partial charge in [0.15, 0.2) is 0 Å². The summed E-state index contributed by atoms with van der Waals surface area (Å²) in [5, 5.41) is 8.00. The largest absolute Gasteiger partial charge is 0.336 e. The van der Waals surface area contributed by atoms with Crippen molar-refractivity contribution in [2.45, 2.75) is 19.0 Å². The van der Waals surface area contributed by atoms with E-state index in [1.54, 1.807) is 0 Å². The normalized spacial score (nSPS) is 21.6. The van der Waals surface area contributed by atoms with Crippen LogP contribution in [0.15, 0.2) is 30.3 Å². The van der Waals surface area contributed by atoms with E-state index < -0.39 is 6.03 Å². The first-order chi connectivity index (χ1) is 8.16. The van der Waals surface area contributed by atoms with Crippen LogP contribution in [0.3, 0.4) is 0 Å². The Balaban J connectivity index is 1.97. The molecule has 17 heavy (non-hydrogen) atoms. The summed E-state index contributed by atoms with van der Waals surface area (Å²) in [5.41, 5.74) is 1.11. The molecule has 2 rings (SSSR count). The molecule has 0 bridgehead atoms. The molecule has 1 fully saturated rings. The van der Waals surface area contributed by atoms with Gasteiger partial charge >= 0.3 is 6.03 Å². The molecular weight excluding hydrogens is 218 g/mol. The molecule has 5 nitrogen and oxygen atoms in total. The molecule has 1 heterocycles. The second kappa shape index (κ2) is 4.97. The molecule has 0 aromatic heterocycles. The van der Waals surface area contributed by atoms with Gasteiger partial charge in [0.05, 0.1) is 0 Å². The maximum atomic E-state index is 11.5. The minimum atomic E-state index is -0.430. The standard InChI is InChI=1S/C12H15N3O2/c1-8(9-5-3-2-4-6-9)14-10-7-13-12(17)15-11(10)16/h2-6,8,10,14H,7H2,1H3,(H2,13,15,16,17). The highest BCUT2D eigenvalue weighted by molar-refractivity contribution is 5.99. The van der Waals surface area contributed by atoms with Crippen molar-refractivity contribution in [3.63, 3.8) is 0 Å². The summed E-state index contributed by atoms with van der Waals surface area (Å²) in [5.74, 6) is -0.281. The van der Waals surface area contributed by atoms with Crippen molar-refractivity contribution >= 4 is 11.9 Å². The van der Waals surface area contributed by atoms with E-state index in [0.717, 1.165) is 5.56 Å².